The van der Waals surface area contributed by atoms with E-state index >= 15 is 0 Å². The zero-order valence-corrected chi connectivity index (χ0v) is 20.2. The first kappa shape index (κ1) is 23.5. The van der Waals surface area contributed by atoms with Crippen LogP contribution in [0.15, 0.2) is 73.1 Å². The first-order valence-electron chi connectivity index (χ1n) is 12.5. The van der Waals surface area contributed by atoms with Crippen LogP contribution in [-0.2, 0) is 11.2 Å². The molecular formula is C29H33N3O3. The molecule has 2 aliphatic rings. The van der Waals surface area contributed by atoms with Crippen molar-refractivity contribution < 1.29 is 14.6 Å². The lowest BCUT2D eigenvalue weighted by molar-refractivity contribution is -0.135. The minimum atomic E-state index is 0.0992. The van der Waals surface area contributed by atoms with Crippen molar-refractivity contribution in [2.24, 2.45) is 0 Å². The summed E-state index contributed by atoms with van der Waals surface area (Å²) in [5.41, 5.74) is 4.52. The van der Waals surface area contributed by atoms with Gasteiger partial charge in [-0.3, -0.25) is 14.7 Å². The normalized spacial score (nSPS) is 22.5. The van der Waals surface area contributed by atoms with Gasteiger partial charge in [0.1, 0.15) is 5.75 Å². The van der Waals surface area contributed by atoms with E-state index in [-0.39, 0.29) is 30.5 Å². The molecule has 3 aromatic rings. The van der Waals surface area contributed by atoms with Gasteiger partial charge >= 0.3 is 0 Å². The summed E-state index contributed by atoms with van der Waals surface area (Å²) >= 11 is 0. The summed E-state index contributed by atoms with van der Waals surface area (Å²) in [5.74, 6) is 1.22. The Kier molecular flexibility index (Phi) is 7.11. The molecule has 1 N–H and O–H groups in total. The molecule has 0 bridgehead atoms. The van der Waals surface area contributed by atoms with Gasteiger partial charge in [0, 0.05) is 43.5 Å². The first-order chi connectivity index (χ1) is 17.2. The molecule has 0 spiro atoms. The zero-order valence-electron chi connectivity index (χ0n) is 20.2. The van der Waals surface area contributed by atoms with E-state index in [0.29, 0.717) is 13.0 Å². The van der Waals surface area contributed by atoms with E-state index in [4.69, 9.17) is 4.74 Å². The highest BCUT2D eigenvalue weighted by molar-refractivity contribution is 5.78. The van der Waals surface area contributed by atoms with Crippen LogP contribution in [0.2, 0.25) is 0 Å². The second-order valence-electron chi connectivity index (χ2n) is 9.51. The lowest BCUT2D eigenvalue weighted by Crippen LogP contribution is -2.68. The lowest BCUT2D eigenvalue weighted by atomic mass is 9.74. The van der Waals surface area contributed by atoms with E-state index in [1.165, 1.54) is 5.56 Å². The molecule has 2 aliphatic heterocycles. The quantitative estimate of drug-likeness (QED) is 0.593. The number of amides is 1. The van der Waals surface area contributed by atoms with Crippen LogP contribution in [0, 0.1) is 0 Å². The van der Waals surface area contributed by atoms with Gasteiger partial charge in [-0.15, -0.1) is 0 Å². The molecule has 0 aliphatic carbocycles. The molecule has 1 amide bonds. The smallest absolute Gasteiger partial charge is 0.227 e. The van der Waals surface area contributed by atoms with Crippen molar-refractivity contribution >= 4 is 5.91 Å². The Bertz CT molecular complexity index is 1120. The Balaban J connectivity index is 1.33. The average Bonchev–Trinajstić information content (AvgIpc) is 2.89. The number of aliphatic hydroxyl groups is 1. The summed E-state index contributed by atoms with van der Waals surface area (Å²) < 4.78 is 5.27. The number of carbonyl (C=O) groups is 1. The highest BCUT2D eigenvalue weighted by Crippen LogP contribution is 2.42. The van der Waals surface area contributed by atoms with Crippen LogP contribution in [0.1, 0.15) is 29.9 Å². The van der Waals surface area contributed by atoms with E-state index in [9.17, 15) is 9.90 Å². The zero-order chi connectivity index (χ0) is 24.2. The lowest BCUT2D eigenvalue weighted by Gasteiger charge is -2.57. The molecule has 0 radical (unpaired) electrons. The maximum atomic E-state index is 13.2. The number of benzene rings is 2. The summed E-state index contributed by atoms with van der Waals surface area (Å²) in [6.07, 6.45) is 5.90. The second kappa shape index (κ2) is 10.6. The van der Waals surface area contributed by atoms with Crippen molar-refractivity contribution in [2.45, 2.75) is 37.3 Å². The molecule has 1 aromatic heterocycles. The van der Waals surface area contributed by atoms with Gasteiger partial charge in [0.15, 0.2) is 0 Å². The Hall–Kier alpha value is -3.22. The third-order valence-corrected chi connectivity index (χ3v) is 7.55. The van der Waals surface area contributed by atoms with E-state index in [0.717, 1.165) is 48.4 Å². The minimum absolute atomic E-state index is 0.0992. The number of aliphatic hydroxyl groups excluding tert-OH is 1. The van der Waals surface area contributed by atoms with E-state index in [1.54, 1.807) is 19.5 Å². The molecule has 0 saturated carbocycles. The summed E-state index contributed by atoms with van der Waals surface area (Å²) in [7, 11) is 1.67. The van der Waals surface area contributed by atoms with Gasteiger partial charge in [0.05, 0.1) is 20.1 Å². The largest absolute Gasteiger partial charge is 0.497 e. The number of pyridine rings is 1. The Labute approximate surface area is 207 Å². The molecule has 6 nitrogen and oxygen atoms in total. The predicted octanol–water partition coefficient (Wildman–Crippen LogP) is 3.75. The fourth-order valence-electron chi connectivity index (χ4n) is 5.64. The molecule has 2 fully saturated rings. The standard InChI is InChI=1S/C29H33N3O3/c1-35-25-10-8-23(9-11-25)22-4-6-24(7-5-22)29-26-19-31(16-2-3-17-32(26)27(29)20-33)28(34)18-21-12-14-30-15-13-21/h4-15,26-27,29,33H,2-3,16-20H2,1H3/t26-,27-,29-/m0/s1. The molecule has 2 saturated heterocycles. The molecule has 0 unspecified atom stereocenters. The number of fused-ring (bicyclic) bond motifs is 1. The molecule has 3 heterocycles. The molecule has 35 heavy (non-hydrogen) atoms. The highest BCUT2D eigenvalue weighted by Gasteiger charge is 2.49. The van der Waals surface area contributed by atoms with Crippen molar-refractivity contribution in [3.05, 3.63) is 84.2 Å². The third kappa shape index (κ3) is 4.95. The molecular weight excluding hydrogens is 438 g/mol. The van der Waals surface area contributed by atoms with Gasteiger partial charge in [0.2, 0.25) is 5.91 Å². The van der Waals surface area contributed by atoms with Crippen LogP contribution in [-0.4, -0.2) is 71.2 Å². The Morgan fingerprint density at radius 3 is 2.29 bits per heavy atom. The second-order valence-corrected chi connectivity index (χ2v) is 9.51. The number of hydrogen-bond acceptors (Lipinski definition) is 5. The minimum Gasteiger partial charge on any atom is -0.497 e. The van der Waals surface area contributed by atoms with Crippen molar-refractivity contribution in [1.82, 2.24) is 14.8 Å². The summed E-state index contributed by atoms with van der Waals surface area (Å²) in [6.45, 7) is 2.60. The van der Waals surface area contributed by atoms with Gasteiger partial charge in [-0.1, -0.05) is 36.4 Å². The number of carbonyl (C=O) groups excluding carboxylic acids is 1. The van der Waals surface area contributed by atoms with Crippen LogP contribution in [0.5, 0.6) is 5.75 Å². The monoisotopic (exact) mass is 471 g/mol. The van der Waals surface area contributed by atoms with Gasteiger partial charge in [-0.05, 0) is 65.9 Å². The highest BCUT2D eigenvalue weighted by atomic mass is 16.5. The van der Waals surface area contributed by atoms with Crippen LogP contribution < -0.4 is 4.74 Å². The SMILES string of the molecule is COc1ccc(-c2ccc([C@@H]3[C@H](CO)N4CCCCN(C(=O)Cc5ccncc5)C[C@@H]34)cc2)cc1. The number of hydrogen-bond donors (Lipinski definition) is 1. The number of aromatic nitrogens is 1. The van der Waals surface area contributed by atoms with Gasteiger partial charge < -0.3 is 14.7 Å². The number of nitrogens with zero attached hydrogens (tertiary/aromatic N) is 3. The summed E-state index contributed by atoms with van der Waals surface area (Å²) in [4.78, 5) is 21.7. The molecule has 2 aromatic carbocycles. The molecule has 3 atom stereocenters. The molecule has 182 valence electrons. The maximum absolute atomic E-state index is 13.2. The molecule has 5 rings (SSSR count). The topological polar surface area (TPSA) is 65.9 Å². The Morgan fingerprint density at radius 2 is 1.63 bits per heavy atom. The summed E-state index contributed by atoms with van der Waals surface area (Å²) in [6, 6.07) is 20.9. The Morgan fingerprint density at radius 1 is 0.971 bits per heavy atom. The van der Waals surface area contributed by atoms with Crippen molar-refractivity contribution in [2.75, 3.05) is 33.4 Å². The molecule has 6 heteroatoms. The van der Waals surface area contributed by atoms with Crippen LogP contribution in [0.4, 0.5) is 0 Å². The van der Waals surface area contributed by atoms with Gasteiger partial charge in [0.25, 0.3) is 0 Å². The number of ether oxygens (including phenoxy) is 1. The van der Waals surface area contributed by atoms with E-state index in [2.05, 4.69) is 46.3 Å². The van der Waals surface area contributed by atoms with E-state index < -0.39 is 0 Å². The van der Waals surface area contributed by atoms with Crippen LogP contribution in [0.3, 0.4) is 0 Å². The van der Waals surface area contributed by atoms with Crippen molar-refractivity contribution in [3.63, 3.8) is 0 Å². The predicted molar refractivity (Wildman–Crippen MR) is 136 cm³/mol. The van der Waals surface area contributed by atoms with E-state index in [1.807, 2.05) is 29.2 Å². The van der Waals surface area contributed by atoms with Crippen molar-refractivity contribution in [1.29, 1.82) is 0 Å². The third-order valence-electron chi connectivity index (χ3n) is 7.55. The summed E-state index contributed by atoms with van der Waals surface area (Å²) in [5, 5.41) is 10.2. The average molecular weight is 472 g/mol. The van der Waals surface area contributed by atoms with Crippen LogP contribution in [0.25, 0.3) is 11.1 Å². The fraction of sp³-hybridized carbons (Fsp3) is 0.379. The fourth-order valence-corrected chi connectivity index (χ4v) is 5.64. The number of methoxy groups -OCH3 is 1. The first-order valence-corrected chi connectivity index (χ1v) is 12.5. The van der Waals surface area contributed by atoms with Gasteiger partial charge in [-0.2, -0.15) is 0 Å². The maximum Gasteiger partial charge on any atom is 0.227 e. The number of rotatable bonds is 6. The van der Waals surface area contributed by atoms with Crippen molar-refractivity contribution in [3.8, 4) is 16.9 Å². The van der Waals surface area contributed by atoms with Gasteiger partial charge in [-0.25, -0.2) is 0 Å². The van der Waals surface area contributed by atoms with Crippen LogP contribution >= 0.6 is 0 Å².